The summed E-state index contributed by atoms with van der Waals surface area (Å²) in [6.45, 7) is 5.30. The monoisotopic (exact) mass is 323 g/mol. The van der Waals surface area contributed by atoms with Gasteiger partial charge in [-0.15, -0.1) is 0 Å². The number of nitrogens with zero attached hydrogens (tertiary/aromatic N) is 1. The Labute approximate surface area is 138 Å². The number of likely N-dealkylation sites (N-methyl/N-ethyl adjacent to an activating group) is 1. The Balaban J connectivity index is 0. The van der Waals surface area contributed by atoms with Gasteiger partial charge in [0.15, 0.2) is 0 Å². The van der Waals surface area contributed by atoms with Gasteiger partial charge in [-0.3, -0.25) is 0 Å². The molecule has 0 radical (unpaired) electrons. The number of halogens is 1. The summed E-state index contributed by atoms with van der Waals surface area (Å²) in [5.74, 6) is 0. The Morgan fingerprint density at radius 1 is 0.619 bits per heavy atom. The average molecular weight is 324 g/mol. The molecule has 21 heavy (non-hydrogen) atoms. The van der Waals surface area contributed by atoms with Crippen molar-refractivity contribution >= 4 is 0 Å². The third-order valence-corrected chi connectivity index (χ3v) is 4.33. The highest BCUT2D eigenvalue weighted by Gasteiger charge is 2.19. The Morgan fingerprint density at radius 3 is 1.38 bits per heavy atom. The molecule has 0 aliphatic carbocycles. The Bertz CT molecular complexity index is 197. The van der Waals surface area contributed by atoms with Crippen molar-refractivity contribution in [2.75, 3.05) is 39.9 Å². The van der Waals surface area contributed by atoms with Gasteiger partial charge in [-0.2, -0.15) is 0 Å². The summed E-state index contributed by atoms with van der Waals surface area (Å²) in [5.41, 5.74) is 0. The molecule has 130 valence electrons. The van der Waals surface area contributed by atoms with E-state index in [4.69, 9.17) is 10.2 Å². The van der Waals surface area contributed by atoms with Gasteiger partial charge in [0.25, 0.3) is 0 Å². The fourth-order valence-corrected chi connectivity index (χ4v) is 2.80. The van der Waals surface area contributed by atoms with Crippen LogP contribution in [0.15, 0.2) is 0 Å². The van der Waals surface area contributed by atoms with Gasteiger partial charge >= 0.3 is 0 Å². The molecule has 0 atom stereocenters. The van der Waals surface area contributed by atoms with E-state index in [0.717, 1.165) is 24.1 Å². The second-order valence-electron chi connectivity index (χ2n) is 6.42. The molecule has 2 N–H and O–H groups in total. The van der Waals surface area contributed by atoms with E-state index in [0.29, 0.717) is 0 Å². The molecule has 0 spiro atoms. The molecule has 0 amide bonds. The lowest BCUT2D eigenvalue weighted by atomic mass is 10.1. The summed E-state index contributed by atoms with van der Waals surface area (Å²) in [4.78, 5) is 0. The van der Waals surface area contributed by atoms with E-state index in [1.807, 2.05) is 0 Å². The van der Waals surface area contributed by atoms with Crippen molar-refractivity contribution in [3.8, 4) is 0 Å². The van der Waals surface area contributed by atoms with E-state index < -0.39 is 0 Å². The molecule has 0 bridgehead atoms. The fourth-order valence-electron chi connectivity index (χ4n) is 2.80. The lowest BCUT2D eigenvalue weighted by Gasteiger charge is -2.33. The zero-order valence-electron chi connectivity index (χ0n) is 14.3. The minimum atomic E-state index is 0. The Hall–Kier alpha value is 0.170. The van der Waals surface area contributed by atoms with Gasteiger partial charge in [0.1, 0.15) is 13.1 Å². The van der Waals surface area contributed by atoms with Gasteiger partial charge in [0.2, 0.25) is 0 Å². The summed E-state index contributed by atoms with van der Waals surface area (Å²) in [7, 11) is 2.14. The first-order chi connectivity index (χ1) is 9.68. The van der Waals surface area contributed by atoms with Crippen LogP contribution in [0.25, 0.3) is 0 Å². The minimum absolute atomic E-state index is 0. The topological polar surface area (TPSA) is 40.5 Å². The number of unbranched alkanes of at least 4 members (excludes halogenated alkanes) is 9. The maximum Gasteiger partial charge on any atom is 0.102 e. The summed E-state index contributed by atoms with van der Waals surface area (Å²) in [6, 6.07) is 0. The van der Waals surface area contributed by atoms with Crippen molar-refractivity contribution < 1.29 is 27.1 Å². The first-order valence-corrected chi connectivity index (χ1v) is 8.74. The normalized spacial score (nSPS) is 11.4. The molecule has 4 heteroatoms. The predicted octanol–water partition coefficient (Wildman–Crippen LogP) is 0.343. The van der Waals surface area contributed by atoms with Gasteiger partial charge in [-0.05, 0) is 12.8 Å². The summed E-state index contributed by atoms with van der Waals surface area (Å²) >= 11 is 0. The zero-order chi connectivity index (χ0) is 15.1. The number of quaternary nitrogens is 1. The first-order valence-electron chi connectivity index (χ1n) is 8.74. The van der Waals surface area contributed by atoms with Crippen LogP contribution in [-0.4, -0.2) is 54.6 Å². The highest BCUT2D eigenvalue weighted by atomic mass is 35.5. The second kappa shape index (κ2) is 16.5. The van der Waals surface area contributed by atoms with Crippen LogP contribution in [0.1, 0.15) is 71.1 Å². The standard InChI is InChI=1S/C17H38NO2.ClH/c1-3-4-5-6-7-8-9-10-11-12-13-18(2,14-16-19)15-17-20;/h19-20H,3-17H2,1-2H3;1H/q+1;/p-1. The van der Waals surface area contributed by atoms with Crippen LogP contribution in [0, 0.1) is 0 Å². The third kappa shape index (κ3) is 14.9. The fraction of sp³-hybridized carbons (Fsp3) is 1.00. The van der Waals surface area contributed by atoms with E-state index in [-0.39, 0.29) is 25.6 Å². The summed E-state index contributed by atoms with van der Waals surface area (Å²) in [6.07, 6.45) is 13.6. The molecule has 0 aromatic heterocycles. The molecule has 0 rings (SSSR count). The Morgan fingerprint density at radius 2 is 1.00 bits per heavy atom. The molecule has 0 aromatic carbocycles. The van der Waals surface area contributed by atoms with E-state index in [2.05, 4.69) is 14.0 Å². The summed E-state index contributed by atoms with van der Waals surface area (Å²) < 4.78 is 0.810. The molecule has 0 unspecified atom stereocenters. The maximum atomic E-state index is 9.09. The van der Waals surface area contributed by atoms with Crippen LogP contribution in [0.3, 0.4) is 0 Å². The Kier molecular flexibility index (Phi) is 18.5. The molecule has 0 heterocycles. The van der Waals surface area contributed by atoms with Crippen molar-refractivity contribution in [1.29, 1.82) is 0 Å². The molecule has 0 fully saturated rings. The van der Waals surface area contributed by atoms with E-state index in [1.165, 1.54) is 64.2 Å². The van der Waals surface area contributed by atoms with Gasteiger partial charge in [0, 0.05) is 0 Å². The SMILES string of the molecule is CCCCCCCCCCCC[N+](C)(CCO)CCO.[Cl-]. The molecule has 0 aliphatic rings. The average Bonchev–Trinajstić information content (AvgIpc) is 2.41. The lowest BCUT2D eigenvalue weighted by molar-refractivity contribution is -0.910. The van der Waals surface area contributed by atoms with E-state index in [9.17, 15) is 0 Å². The van der Waals surface area contributed by atoms with Crippen molar-refractivity contribution in [3.63, 3.8) is 0 Å². The van der Waals surface area contributed by atoms with Crippen LogP contribution in [0.5, 0.6) is 0 Å². The number of aliphatic hydroxyl groups is 2. The largest absolute Gasteiger partial charge is 1.00 e. The molecular weight excluding hydrogens is 286 g/mol. The van der Waals surface area contributed by atoms with Crippen LogP contribution >= 0.6 is 0 Å². The molecular formula is C17H38ClNO2. The first kappa shape index (κ1) is 23.4. The molecule has 0 saturated heterocycles. The quantitative estimate of drug-likeness (QED) is 0.337. The molecule has 0 aliphatic heterocycles. The number of hydrogen-bond acceptors (Lipinski definition) is 2. The number of rotatable bonds is 15. The van der Waals surface area contributed by atoms with Crippen molar-refractivity contribution in [3.05, 3.63) is 0 Å². The smallest absolute Gasteiger partial charge is 0.102 e. The second-order valence-corrected chi connectivity index (χ2v) is 6.42. The van der Waals surface area contributed by atoms with Crippen molar-refractivity contribution in [1.82, 2.24) is 0 Å². The predicted molar refractivity (Wildman–Crippen MR) is 86.8 cm³/mol. The van der Waals surface area contributed by atoms with Crippen LogP contribution in [-0.2, 0) is 0 Å². The van der Waals surface area contributed by atoms with Gasteiger partial charge in [-0.1, -0.05) is 58.3 Å². The minimum Gasteiger partial charge on any atom is -1.00 e. The van der Waals surface area contributed by atoms with Crippen molar-refractivity contribution in [2.24, 2.45) is 0 Å². The molecule has 3 nitrogen and oxygen atoms in total. The van der Waals surface area contributed by atoms with Crippen molar-refractivity contribution in [2.45, 2.75) is 71.1 Å². The van der Waals surface area contributed by atoms with Gasteiger partial charge in [-0.25, -0.2) is 0 Å². The highest BCUT2D eigenvalue weighted by molar-refractivity contribution is 4.48. The number of hydrogen-bond donors (Lipinski definition) is 2. The molecule has 0 aromatic rings. The zero-order valence-corrected chi connectivity index (χ0v) is 15.1. The third-order valence-electron chi connectivity index (χ3n) is 4.33. The molecule has 0 saturated carbocycles. The van der Waals surface area contributed by atoms with Crippen LogP contribution < -0.4 is 12.4 Å². The summed E-state index contributed by atoms with van der Waals surface area (Å²) in [5, 5.41) is 18.2. The van der Waals surface area contributed by atoms with Gasteiger partial charge < -0.3 is 27.1 Å². The lowest BCUT2D eigenvalue weighted by Crippen LogP contribution is -3.00. The van der Waals surface area contributed by atoms with Gasteiger partial charge in [0.05, 0.1) is 26.8 Å². The maximum absolute atomic E-state index is 9.09. The van der Waals surface area contributed by atoms with Crippen LogP contribution in [0.2, 0.25) is 0 Å². The highest BCUT2D eigenvalue weighted by Crippen LogP contribution is 2.12. The van der Waals surface area contributed by atoms with E-state index >= 15 is 0 Å². The number of aliphatic hydroxyl groups excluding tert-OH is 2. The van der Waals surface area contributed by atoms with Crippen LogP contribution in [0.4, 0.5) is 0 Å². The van der Waals surface area contributed by atoms with E-state index in [1.54, 1.807) is 0 Å².